The fourth-order valence-corrected chi connectivity index (χ4v) is 3.11. The van der Waals surface area contributed by atoms with E-state index in [9.17, 15) is 0 Å². The molecule has 3 heterocycles. The summed E-state index contributed by atoms with van der Waals surface area (Å²) in [7, 11) is 3.47. The molecule has 8 heteroatoms. The van der Waals surface area contributed by atoms with Crippen molar-refractivity contribution in [2.24, 2.45) is 5.41 Å². The molecule has 0 aromatic carbocycles. The largest absolute Gasteiger partial charge is 0.382 e. The number of nitrogens with one attached hydrogen (secondary N) is 1. The third-order valence-electron chi connectivity index (χ3n) is 4.02. The average molecular weight is 306 g/mol. The highest BCUT2D eigenvalue weighted by molar-refractivity contribution is 5.84. The SMILES string of the molecule is CNc1nc(N)nc2c1ncn2[C@@H]1O[C@H](COC)CC1(C)C. The van der Waals surface area contributed by atoms with Gasteiger partial charge in [-0.1, -0.05) is 13.8 Å². The molecular weight excluding hydrogens is 284 g/mol. The van der Waals surface area contributed by atoms with Gasteiger partial charge in [-0.25, -0.2) is 4.98 Å². The van der Waals surface area contributed by atoms with E-state index in [1.54, 1.807) is 20.5 Å². The maximum atomic E-state index is 6.16. The number of hydrogen-bond donors (Lipinski definition) is 2. The van der Waals surface area contributed by atoms with E-state index in [2.05, 4.69) is 34.1 Å². The van der Waals surface area contributed by atoms with Crippen LogP contribution in [0.15, 0.2) is 6.33 Å². The van der Waals surface area contributed by atoms with Crippen LogP contribution in [-0.4, -0.2) is 46.4 Å². The summed E-state index contributed by atoms with van der Waals surface area (Å²) in [5.41, 5.74) is 7.11. The molecule has 1 saturated heterocycles. The molecule has 0 radical (unpaired) electrons. The van der Waals surface area contributed by atoms with Crippen LogP contribution in [0.3, 0.4) is 0 Å². The molecule has 2 atom stereocenters. The molecule has 1 aliphatic rings. The van der Waals surface area contributed by atoms with Crippen molar-refractivity contribution in [2.75, 3.05) is 31.8 Å². The Hall–Kier alpha value is -1.93. The van der Waals surface area contributed by atoms with Crippen LogP contribution in [0, 0.1) is 5.41 Å². The fourth-order valence-electron chi connectivity index (χ4n) is 3.11. The summed E-state index contributed by atoms with van der Waals surface area (Å²) < 4.78 is 13.3. The zero-order chi connectivity index (χ0) is 15.9. The molecule has 2 aromatic heterocycles. The fraction of sp³-hybridized carbons (Fsp3) is 0.643. The maximum absolute atomic E-state index is 6.16. The van der Waals surface area contributed by atoms with E-state index in [-0.39, 0.29) is 23.7 Å². The van der Waals surface area contributed by atoms with Gasteiger partial charge in [0.25, 0.3) is 0 Å². The summed E-state index contributed by atoms with van der Waals surface area (Å²) in [5.74, 6) is 0.827. The van der Waals surface area contributed by atoms with Gasteiger partial charge in [-0.15, -0.1) is 0 Å². The Labute approximate surface area is 129 Å². The van der Waals surface area contributed by atoms with Crippen LogP contribution in [0.1, 0.15) is 26.5 Å². The molecule has 0 saturated carbocycles. The van der Waals surface area contributed by atoms with Crippen molar-refractivity contribution in [3.05, 3.63) is 6.33 Å². The highest BCUT2D eigenvalue weighted by Gasteiger charge is 2.43. The molecule has 1 fully saturated rings. The number of methoxy groups -OCH3 is 1. The second-order valence-corrected chi connectivity index (χ2v) is 6.26. The molecule has 1 aliphatic heterocycles. The summed E-state index contributed by atoms with van der Waals surface area (Å²) in [5, 5.41) is 3.00. The number of nitrogens with two attached hydrogens (primary N) is 1. The van der Waals surface area contributed by atoms with E-state index in [4.69, 9.17) is 15.2 Å². The number of nitrogens with zero attached hydrogens (tertiary/aromatic N) is 4. The third-order valence-corrected chi connectivity index (χ3v) is 4.02. The Bertz CT molecular complexity index is 683. The summed E-state index contributed by atoms with van der Waals surface area (Å²) in [6.07, 6.45) is 2.54. The first-order chi connectivity index (χ1) is 10.5. The maximum Gasteiger partial charge on any atom is 0.224 e. The first kappa shape index (κ1) is 15.0. The van der Waals surface area contributed by atoms with E-state index in [0.29, 0.717) is 23.6 Å². The van der Waals surface area contributed by atoms with Crippen molar-refractivity contribution in [1.82, 2.24) is 19.5 Å². The number of nitrogen functional groups attached to an aromatic ring is 1. The minimum absolute atomic E-state index is 0.0592. The normalized spacial score (nSPS) is 24.0. The number of hydrogen-bond acceptors (Lipinski definition) is 7. The van der Waals surface area contributed by atoms with E-state index < -0.39 is 0 Å². The van der Waals surface area contributed by atoms with Crippen LogP contribution in [0.4, 0.5) is 11.8 Å². The monoisotopic (exact) mass is 306 g/mol. The van der Waals surface area contributed by atoms with E-state index in [1.165, 1.54) is 0 Å². The lowest BCUT2D eigenvalue weighted by Gasteiger charge is -2.26. The van der Waals surface area contributed by atoms with Crippen molar-refractivity contribution in [2.45, 2.75) is 32.6 Å². The van der Waals surface area contributed by atoms with E-state index in [0.717, 1.165) is 6.42 Å². The van der Waals surface area contributed by atoms with E-state index >= 15 is 0 Å². The van der Waals surface area contributed by atoms with Gasteiger partial charge in [0.15, 0.2) is 17.0 Å². The molecule has 0 amide bonds. The summed E-state index contributed by atoms with van der Waals surface area (Å²) >= 11 is 0. The standard InChI is InChI=1S/C14H22N6O2/c1-14(2)5-8(6-21-4)22-12(14)20-7-17-9-10(16-3)18-13(15)19-11(9)20/h7-8,12H,5-6H2,1-4H3,(H3,15,16,18,19)/t8-,12+/m0/s1. The number of anilines is 2. The average Bonchev–Trinajstić information content (AvgIpc) is 2.98. The highest BCUT2D eigenvalue weighted by atomic mass is 16.5. The molecule has 3 rings (SSSR count). The number of fused-ring (bicyclic) bond motifs is 1. The van der Waals surface area contributed by atoms with Crippen molar-refractivity contribution in [1.29, 1.82) is 0 Å². The number of ether oxygens (including phenoxy) is 2. The van der Waals surface area contributed by atoms with Gasteiger partial charge in [-0.05, 0) is 6.42 Å². The zero-order valence-electron chi connectivity index (χ0n) is 13.3. The molecule has 2 aromatic rings. The van der Waals surface area contributed by atoms with Crippen LogP contribution in [0.25, 0.3) is 11.2 Å². The predicted octanol–water partition coefficient (Wildman–Crippen LogP) is 1.41. The van der Waals surface area contributed by atoms with Crippen LogP contribution >= 0.6 is 0 Å². The Morgan fingerprint density at radius 2 is 2.27 bits per heavy atom. The quantitative estimate of drug-likeness (QED) is 0.880. The summed E-state index contributed by atoms with van der Waals surface area (Å²) in [6, 6.07) is 0. The van der Waals surface area contributed by atoms with Gasteiger partial charge < -0.3 is 20.5 Å². The molecule has 0 spiro atoms. The Morgan fingerprint density at radius 1 is 1.50 bits per heavy atom. The van der Waals surface area contributed by atoms with Crippen molar-refractivity contribution >= 4 is 22.9 Å². The highest BCUT2D eigenvalue weighted by Crippen LogP contribution is 2.45. The van der Waals surface area contributed by atoms with Gasteiger partial charge in [-0.2, -0.15) is 9.97 Å². The molecule has 8 nitrogen and oxygen atoms in total. The predicted molar refractivity (Wildman–Crippen MR) is 83.5 cm³/mol. The Kier molecular flexibility index (Phi) is 3.65. The Morgan fingerprint density at radius 3 is 2.95 bits per heavy atom. The second kappa shape index (κ2) is 5.36. The van der Waals surface area contributed by atoms with Gasteiger partial charge in [0.05, 0.1) is 19.0 Å². The lowest BCUT2D eigenvalue weighted by molar-refractivity contribution is -0.0509. The first-order valence-corrected chi connectivity index (χ1v) is 7.28. The van der Waals surface area contributed by atoms with E-state index in [1.807, 2.05) is 4.57 Å². The Balaban J connectivity index is 2.05. The molecule has 0 aliphatic carbocycles. The third kappa shape index (κ3) is 2.38. The van der Waals surface area contributed by atoms with Crippen LogP contribution in [0.2, 0.25) is 0 Å². The van der Waals surface area contributed by atoms with Gasteiger partial charge >= 0.3 is 0 Å². The van der Waals surface area contributed by atoms with Crippen LogP contribution in [0.5, 0.6) is 0 Å². The molecule has 0 bridgehead atoms. The summed E-state index contributed by atoms with van der Waals surface area (Å²) in [6.45, 7) is 4.91. The molecule has 120 valence electrons. The van der Waals surface area contributed by atoms with Crippen LogP contribution < -0.4 is 11.1 Å². The topological polar surface area (TPSA) is 100 Å². The molecule has 3 N–H and O–H groups in total. The summed E-state index contributed by atoms with van der Waals surface area (Å²) in [4.78, 5) is 12.9. The van der Waals surface area contributed by atoms with Gasteiger partial charge in [-0.3, -0.25) is 4.57 Å². The zero-order valence-corrected chi connectivity index (χ0v) is 13.3. The van der Waals surface area contributed by atoms with Gasteiger partial charge in [0.1, 0.15) is 6.23 Å². The van der Waals surface area contributed by atoms with Gasteiger partial charge in [0, 0.05) is 19.6 Å². The van der Waals surface area contributed by atoms with Crippen molar-refractivity contribution in [3.63, 3.8) is 0 Å². The van der Waals surface area contributed by atoms with Crippen molar-refractivity contribution in [3.8, 4) is 0 Å². The minimum Gasteiger partial charge on any atom is -0.382 e. The number of aromatic nitrogens is 4. The molecule has 0 unspecified atom stereocenters. The van der Waals surface area contributed by atoms with Crippen LogP contribution in [-0.2, 0) is 9.47 Å². The smallest absolute Gasteiger partial charge is 0.224 e. The second-order valence-electron chi connectivity index (χ2n) is 6.26. The lowest BCUT2D eigenvalue weighted by Crippen LogP contribution is -2.22. The number of rotatable bonds is 4. The number of imidazole rings is 1. The van der Waals surface area contributed by atoms with Gasteiger partial charge in [0.2, 0.25) is 5.95 Å². The minimum atomic E-state index is -0.170. The molecular formula is C14H22N6O2. The lowest BCUT2D eigenvalue weighted by atomic mass is 9.87. The first-order valence-electron chi connectivity index (χ1n) is 7.28. The van der Waals surface area contributed by atoms with Crippen molar-refractivity contribution < 1.29 is 9.47 Å². The molecule has 22 heavy (non-hydrogen) atoms.